The van der Waals surface area contributed by atoms with Crippen LogP contribution in [0.1, 0.15) is 39.2 Å². The number of methoxy groups -OCH3 is 1. The molecule has 1 aromatic rings. The molecule has 1 aromatic carbocycles. The first kappa shape index (κ1) is 16.2. The first-order valence-electron chi connectivity index (χ1n) is 7.70. The number of halogens is 1. The van der Waals surface area contributed by atoms with Gasteiger partial charge in [0.05, 0.1) is 12.3 Å². The highest BCUT2D eigenvalue weighted by molar-refractivity contribution is 5.56. The molecule has 2 rings (SSSR count). The maximum atomic E-state index is 14.4. The molecule has 1 saturated carbocycles. The Morgan fingerprint density at radius 1 is 1.33 bits per heavy atom. The minimum Gasteiger partial charge on any atom is -0.383 e. The third kappa shape index (κ3) is 4.68. The zero-order valence-electron chi connectivity index (χ0n) is 13.6. The van der Waals surface area contributed by atoms with E-state index in [0.717, 1.165) is 30.6 Å². The molecule has 3 nitrogen and oxygen atoms in total. The predicted molar refractivity (Wildman–Crippen MR) is 85.2 cm³/mol. The molecule has 0 heterocycles. The number of para-hydroxylation sites is 1. The summed E-state index contributed by atoms with van der Waals surface area (Å²) in [5, 5.41) is 3.45. The average molecular weight is 294 g/mol. The van der Waals surface area contributed by atoms with Gasteiger partial charge in [0.15, 0.2) is 0 Å². The van der Waals surface area contributed by atoms with Gasteiger partial charge in [0.2, 0.25) is 0 Å². The standard InChI is InChI=1S/C17H27FN2O/c1-17(2,3)19-12-13-6-5-7-15(18)16(13)20(10-11-21-4)14-8-9-14/h5-7,14,19H,8-12H2,1-4H3. The number of anilines is 1. The lowest BCUT2D eigenvalue weighted by atomic mass is 10.1. The molecular formula is C17H27FN2O. The minimum atomic E-state index is -0.133. The van der Waals surface area contributed by atoms with Gasteiger partial charge in [-0.1, -0.05) is 12.1 Å². The summed E-state index contributed by atoms with van der Waals surface area (Å²) in [6, 6.07) is 5.82. The van der Waals surface area contributed by atoms with Crippen LogP contribution in [0, 0.1) is 5.82 Å². The Labute approximate surface area is 127 Å². The fraction of sp³-hybridized carbons (Fsp3) is 0.647. The van der Waals surface area contributed by atoms with E-state index >= 15 is 0 Å². The average Bonchev–Trinajstić information content (AvgIpc) is 3.22. The van der Waals surface area contributed by atoms with Crippen LogP contribution in [-0.4, -0.2) is 31.8 Å². The molecule has 118 valence electrons. The quantitative estimate of drug-likeness (QED) is 0.835. The first-order chi connectivity index (χ1) is 9.92. The van der Waals surface area contributed by atoms with E-state index in [4.69, 9.17) is 4.74 Å². The van der Waals surface area contributed by atoms with Gasteiger partial charge in [-0.2, -0.15) is 0 Å². The van der Waals surface area contributed by atoms with E-state index in [0.29, 0.717) is 19.2 Å². The van der Waals surface area contributed by atoms with Crippen LogP contribution >= 0.6 is 0 Å². The Balaban J connectivity index is 2.22. The topological polar surface area (TPSA) is 24.5 Å². The van der Waals surface area contributed by atoms with Crippen LogP contribution in [0.4, 0.5) is 10.1 Å². The van der Waals surface area contributed by atoms with Crippen LogP contribution < -0.4 is 10.2 Å². The molecule has 0 amide bonds. The van der Waals surface area contributed by atoms with Crippen molar-refractivity contribution in [1.82, 2.24) is 5.32 Å². The number of nitrogens with one attached hydrogen (secondary N) is 1. The Morgan fingerprint density at radius 3 is 2.62 bits per heavy atom. The molecule has 1 fully saturated rings. The maximum Gasteiger partial charge on any atom is 0.146 e. The van der Waals surface area contributed by atoms with Crippen LogP contribution in [0.3, 0.4) is 0 Å². The van der Waals surface area contributed by atoms with Gasteiger partial charge >= 0.3 is 0 Å². The number of nitrogens with zero attached hydrogens (tertiary/aromatic N) is 1. The monoisotopic (exact) mass is 294 g/mol. The van der Waals surface area contributed by atoms with Crippen molar-refractivity contribution in [2.45, 2.75) is 51.7 Å². The van der Waals surface area contributed by atoms with Crippen molar-refractivity contribution < 1.29 is 9.13 Å². The van der Waals surface area contributed by atoms with E-state index < -0.39 is 0 Å². The maximum absolute atomic E-state index is 14.4. The lowest BCUT2D eigenvalue weighted by molar-refractivity contribution is 0.204. The van der Waals surface area contributed by atoms with Crippen molar-refractivity contribution in [3.8, 4) is 0 Å². The third-order valence-electron chi connectivity index (χ3n) is 3.69. The van der Waals surface area contributed by atoms with Crippen molar-refractivity contribution in [1.29, 1.82) is 0 Å². The summed E-state index contributed by atoms with van der Waals surface area (Å²) >= 11 is 0. The van der Waals surface area contributed by atoms with Gasteiger partial charge in [-0.25, -0.2) is 4.39 Å². The number of hydrogen-bond acceptors (Lipinski definition) is 3. The molecule has 0 bridgehead atoms. The van der Waals surface area contributed by atoms with Gasteiger partial charge in [0, 0.05) is 31.8 Å². The normalized spacial score (nSPS) is 15.3. The fourth-order valence-electron chi connectivity index (χ4n) is 2.44. The van der Waals surface area contributed by atoms with Crippen molar-refractivity contribution in [3.63, 3.8) is 0 Å². The number of rotatable bonds is 7. The number of benzene rings is 1. The van der Waals surface area contributed by atoms with E-state index in [-0.39, 0.29) is 11.4 Å². The van der Waals surface area contributed by atoms with Gasteiger partial charge in [-0.05, 0) is 45.2 Å². The van der Waals surface area contributed by atoms with Crippen LogP contribution in [-0.2, 0) is 11.3 Å². The van der Waals surface area contributed by atoms with Crippen LogP contribution in [0.5, 0.6) is 0 Å². The molecule has 0 spiro atoms. The summed E-state index contributed by atoms with van der Waals surface area (Å²) in [4.78, 5) is 2.18. The number of hydrogen-bond donors (Lipinski definition) is 1. The second kappa shape index (κ2) is 6.75. The van der Waals surface area contributed by atoms with Crippen molar-refractivity contribution >= 4 is 5.69 Å². The highest BCUT2D eigenvalue weighted by Gasteiger charge is 2.31. The molecular weight excluding hydrogens is 267 g/mol. The molecule has 21 heavy (non-hydrogen) atoms. The van der Waals surface area contributed by atoms with E-state index in [9.17, 15) is 4.39 Å². The second-order valence-corrected chi connectivity index (χ2v) is 6.77. The van der Waals surface area contributed by atoms with Crippen molar-refractivity contribution in [3.05, 3.63) is 29.6 Å². The molecule has 1 aliphatic rings. The summed E-state index contributed by atoms with van der Waals surface area (Å²) in [6.45, 7) is 8.40. The summed E-state index contributed by atoms with van der Waals surface area (Å²) in [5.41, 5.74) is 1.78. The van der Waals surface area contributed by atoms with E-state index in [1.807, 2.05) is 6.07 Å². The van der Waals surface area contributed by atoms with Crippen LogP contribution in [0.2, 0.25) is 0 Å². The molecule has 0 radical (unpaired) electrons. The lowest BCUT2D eigenvalue weighted by Gasteiger charge is -2.29. The fourth-order valence-corrected chi connectivity index (χ4v) is 2.44. The molecule has 1 N–H and O–H groups in total. The summed E-state index contributed by atoms with van der Waals surface area (Å²) in [6.07, 6.45) is 2.29. The molecule has 1 aliphatic carbocycles. The van der Waals surface area contributed by atoms with Crippen LogP contribution in [0.25, 0.3) is 0 Å². The summed E-state index contributed by atoms with van der Waals surface area (Å²) in [7, 11) is 1.69. The van der Waals surface area contributed by atoms with Gasteiger partial charge < -0.3 is 15.0 Å². The zero-order valence-corrected chi connectivity index (χ0v) is 13.6. The second-order valence-electron chi connectivity index (χ2n) is 6.77. The van der Waals surface area contributed by atoms with E-state index in [1.165, 1.54) is 0 Å². The Kier molecular flexibility index (Phi) is 5.22. The van der Waals surface area contributed by atoms with Gasteiger partial charge in [-0.3, -0.25) is 0 Å². The lowest BCUT2D eigenvalue weighted by Crippen LogP contribution is -2.36. The highest BCUT2D eigenvalue weighted by atomic mass is 19.1. The Hall–Kier alpha value is -1.13. The molecule has 0 saturated heterocycles. The van der Waals surface area contributed by atoms with Crippen LogP contribution in [0.15, 0.2) is 18.2 Å². The molecule has 0 atom stereocenters. The van der Waals surface area contributed by atoms with Crippen molar-refractivity contribution in [2.75, 3.05) is 25.2 Å². The predicted octanol–water partition coefficient (Wildman–Crippen LogP) is 3.33. The van der Waals surface area contributed by atoms with Crippen molar-refractivity contribution in [2.24, 2.45) is 0 Å². The molecule has 0 unspecified atom stereocenters. The first-order valence-corrected chi connectivity index (χ1v) is 7.70. The zero-order chi connectivity index (χ0) is 15.5. The Bertz CT molecular complexity index is 466. The summed E-state index contributed by atoms with van der Waals surface area (Å²) < 4.78 is 19.6. The van der Waals surface area contributed by atoms with E-state index in [2.05, 4.69) is 31.0 Å². The van der Waals surface area contributed by atoms with Gasteiger partial charge in [-0.15, -0.1) is 0 Å². The van der Waals surface area contributed by atoms with Gasteiger partial charge in [0.25, 0.3) is 0 Å². The Morgan fingerprint density at radius 2 is 2.05 bits per heavy atom. The molecule has 4 heteroatoms. The number of ether oxygens (including phenoxy) is 1. The summed E-state index contributed by atoms with van der Waals surface area (Å²) in [5.74, 6) is -0.133. The SMILES string of the molecule is COCCN(c1c(F)cccc1CNC(C)(C)C)C1CC1. The van der Waals surface area contributed by atoms with E-state index in [1.54, 1.807) is 19.2 Å². The largest absolute Gasteiger partial charge is 0.383 e. The van der Waals surface area contributed by atoms with Gasteiger partial charge in [0.1, 0.15) is 5.82 Å². The molecule has 0 aliphatic heterocycles. The highest BCUT2D eigenvalue weighted by Crippen LogP contribution is 2.35. The molecule has 0 aromatic heterocycles. The smallest absolute Gasteiger partial charge is 0.146 e. The third-order valence-corrected chi connectivity index (χ3v) is 3.69. The minimum absolute atomic E-state index is 0.0144.